The van der Waals surface area contributed by atoms with Crippen molar-refractivity contribution in [3.05, 3.63) is 64.1 Å². The van der Waals surface area contributed by atoms with Gasteiger partial charge in [0.15, 0.2) is 0 Å². The quantitative estimate of drug-likeness (QED) is 0.490. The molecule has 9 heteroatoms. The average molecular weight is 327 g/mol. The SMILES string of the molecule is Cc1cc(Oc2ccc(NC(=O)c3cc([N+](=O)[O-])c[nH]3)cc2)n[nH]1. The summed E-state index contributed by atoms with van der Waals surface area (Å²) in [4.78, 5) is 24.6. The normalized spacial score (nSPS) is 10.4. The monoisotopic (exact) mass is 327 g/mol. The van der Waals surface area contributed by atoms with Crippen LogP contribution in [-0.2, 0) is 0 Å². The zero-order valence-corrected chi connectivity index (χ0v) is 12.6. The Kier molecular flexibility index (Phi) is 3.98. The van der Waals surface area contributed by atoms with Gasteiger partial charge < -0.3 is 15.0 Å². The zero-order valence-electron chi connectivity index (χ0n) is 12.6. The van der Waals surface area contributed by atoms with E-state index in [1.807, 2.05) is 6.92 Å². The van der Waals surface area contributed by atoms with Gasteiger partial charge in [-0.05, 0) is 31.2 Å². The number of hydrogen-bond donors (Lipinski definition) is 3. The average Bonchev–Trinajstić information content (AvgIpc) is 3.18. The Bertz CT molecular complexity index is 881. The Morgan fingerprint density at radius 1 is 1.29 bits per heavy atom. The number of carbonyl (C=O) groups excluding carboxylic acids is 1. The lowest BCUT2D eigenvalue weighted by Gasteiger charge is -2.05. The minimum Gasteiger partial charge on any atom is -0.438 e. The number of nitrogens with zero attached hydrogens (tertiary/aromatic N) is 2. The minimum absolute atomic E-state index is 0.106. The molecule has 1 amide bonds. The van der Waals surface area contributed by atoms with E-state index in [0.717, 1.165) is 11.9 Å². The van der Waals surface area contributed by atoms with Crippen molar-refractivity contribution in [3.8, 4) is 11.6 Å². The molecule has 0 aliphatic carbocycles. The van der Waals surface area contributed by atoms with Crippen LogP contribution < -0.4 is 10.1 Å². The van der Waals surface area contributed by atoms with E-state index in [0.29, 0.717) is 17.3 Å². The number of aryl methyl sites for hydroxylation is 1. The minimum atomic E-state index is -0.573. The standard InChI is InChI=1S/C15H13N5O4/c1-9-6-14(19-18-9)24-12-4-2-10(3-5-12)17-15(21)13-7-11(8-16-13)20(22)23/h2-8,16H,1H3,(H,17,21)(H,18,19). The van der Waals surface area contributed by atoms with Gasteiger partial charge in [0.25, 0.3) is 11.6 Å². The molecule has 0 bridgehead atoms. The molecule has 24 heavy (non-hydrogen) atoms. The summed E-state index contributed by atoms with van der Waals surface area (Å²) in [5.74, 6) is 0.540. The highest BCUT2D eigenvalue weighted by Gasteiger charge is 2.14. The Hall–Kier alpha value is -3.62. The number of nitrogens with one attached hydrogen (secondary N) is 3. The van der Waals surface area contributed by atoms with E-state index in [2.05, 4.69) is 20.5 Å². The molecule has 0 spiro atoms. The summed E-state index contributed by atoms with van der Waals surface area (Å²) < 4.78 is 5.54. The number of H-pyrrole nitrogens is 2. The molecule has 0 unspecified atom stereocenters. The van der Waals surface area contributed by atoms with Crippen LogP contribution in [0.2, 0.25) is 0 Å². The third kappa shape index (κ3) is 3.40. The van der Waals surface area contributed by atoms with Gasteiger partial charge in [-0.1, -0.05) is 0 Å². The highest BCUT2D eigenvalue weighted by Crippen LogP contribution is 2.22. The Labute approximate surface area is 135 Å². The van der Waals surface area contributed by atoms with Crippen LogP contribution in [0.4, 0.5) is 11.4 Å². The predicted octanol–water partition coefficient (Wildman–Crippen LogP) is 3.00. The summed E-state index contributed by atoms with van der Waals surface area (Å²) >= 11 is 0. The van der Waals surface area contributed by atoms with Gasteiger partial charge in [-0.15, -0.1) is 5.10 Å². The molecular formula is C15H13N5O4. The van der Waals surface area contributed by atoms with Crippen molar-refractivity contribution in [3.63, 3.8) is 0 Å². The Morgan fingerprint density at radius 2 is 2.04 bits per heavy atom. The van der Waals surface area contributed by atoms with Crippen LogP contribution in [0, 0.1) is 17.0 Å². The number of carbonyl (C=O) groups is 1. The topological polar surface area (TPSA) is 126 Å². The van der Waals surface area contributed by atoms with Gasteiger partial charge in [0, 0.05) is 23.5 Å². The third-order valence-electron chi connectivity index (χ3n) is 3.14. The predicted molar refractivity (Wildman–Crippen MR) is 85.2 cm³/mol. The summed E-state index contributed by atoms with van der Waals surface area (Å²) in [5.41, 5.74) is 1.35. The smallest absolute Gasteiger partial charge is 0.287 e. The molecular weight excluding hydrogens is 314 g/mol. The van der Waals surface area contributed by atoms with Gasteiger partial charge >= 0.3 is 0 Å². The molecule has 0 aliphatic heterocycles. The first kappa shape index (κ1) is 15.3. The van der Waals surface area contributed by atoms with Gasteiger partial charge in [0.1, 0.15) is 11.4 Å². The Morgan fingerprint density at radius 3 is 2.62 bits per heavy atom. The van der Waals surface area contributed by atoms with E-state index in [1.165, 1.54) is 6.07 Å². The summed E-state index contributed by atoms with van der Waals surface area (Å²) in [6.45, 7) is 1.86. The zero-order chi connectivity index (χ0) is 17.1. The lowest BCUT2D eigenvalue weighted by Crippen LogP contribution is -2.12. The first-order chi connectivity index (χ1) is 11.5. The molecule has 2 heterocycles. The molecule has 2 aromatic heterocycles. The second kappa shape index (κ2) is 6.24. The maximum absolute atomic E-state index is 12.0. The maximum Gasteiger partial charge on any atom is 0.287 e. The summed E-state index contributed by atoms with van der Waals surface area (Å²) in [6.07, 6.45) is 1.16. The number of amides is 1. The van der Waals surface area contributed by atoms with Gasteiger partial charge in [-0.25, -0.2) is 0 Å². The van der Waals surface area contributed by atoms with Crippen molar-refractivity contribution in [1.82, 2.24) is 15.2 Å². The van der Waals surface area contributed by atoms with E-state index >= 15 is 0 Å². The molecule has 1 aromatic carbocycles. The molecule has 0 saturated heterocycles. The van der Waals surface area contributed by atoms with Crippen LogP contribution in [-0.4, -0.2) is 26.0 Å². The second-order valence-electron chi connectivity index (χ2n) is 5.00. The van der Waals surface area contributed by atoms with Crippen molar-refractivity contribution in [2.24, 2.45) is 0 Å². The maximum atomic E-state index is 12.0. The van der Waals surface area contributed by atoms with Gasteiger partial charge in [0.05, 0.1) is 11.1 Å². The van der Waals surface area contributed by atoms with E-state index in [1.54, 1.807) is 30.3 Å². The molecule has 0 atom stereocenters. The number of anilines is 1. The van der Waals surface area contributed by atoms with Crippen molar-refractivity contribution in [1.29, 1.82) is 0 Å². The third-order valence-corrected chi connectivity index (χ3v) is 3.14. The fourth-order valence-corrected chi connectivity index (χ4v) is 1.99. The summed E-state index contributed by atoms with van der Waals surface area (Å²) in [6, 6.07) is 9.60. The summed E-state index contributed by atoms with van der Waals surface area (Å²) in [7, 11) is 0. The highest BCUT2D eigenvalue weighted by molar-refractivity contribution is 6.03. The van der Waals surface area contributed by atoms with Gasteiger partial charge in [0.2, 0.25) is 5.88 Å². The fraction of sp³-hybridized carbons (Fsp3) is 0.0667. The Balaban J connectivity index is 1.64. The molecule has 9 nitrogen and oxygen atoms in total. The molecule has 122 valence electrons. The second-order valence-corrected chi connectivity index (χ2v) is 5.00. The first-order valence-corrected chi connectivity index (χ1v) is 6.95. The molecule has 0 aliphatic rings. The van der Waals surface area contributed by atoms with Crippen molar-refractivity contribution >= 4 is 17.3 Å². The van der Waals surface area contributed by atoms with Crippen LogP contribution >= 0.6 is 0 Å². The molecule has 0 radical (unpaired) electrons. The number of aromatic nitrogens is 3. The fourth-order valence-electron chi connectivity index (χ4n) is 1.99. The number of nitro groups is 1. The van der Waals surface area contributed by atoms with E-state index in [-0.39, 0.29) is 11.4 Å². The van der Waals surface area contributed by atoms with Crippen molar-refractivity contribution in [2.45, 2.75) is 6.92 Å². The van der Waals surface area contributed by atoms with Gasteiger partial charge in [-0.2, -0.15) is 0 Å². The number of hydrogen-bond acceptors (Lipinski definition) is 5. The van der Waals surface area contributed by atoms with Crippen molar-refractivity contribution < 1.29 is 14.5 Å². The number of rotatable bonds is 5. The van der Waals surface area contributed by atoms with Crippen LogP contribution in [0.3, 0.4) is 0 Å². The first-order valence-electron chi connectivity index (χ1n) is 6.95. The lowest BCUT2D eigenvalue weighted by molar-refractivity contribution is -0.384. The van der Waals surface area contributed by atoms with E-state index in [4.69, 9.17) is 4.74 Å². The molecule has 0 fully saturated rings. The summed E-state index contributed by atoms with van der Waals surface area (Å²) in [5, 5.41) is 20.0. The van der Waals surface area contributed by atoms with E-state index in [9.17, 15) is 14.9 Å². The highest BCUT2D eigenvalue weighted by atomic mass is 16.6. The largest absolute Gasteiger partial charge is 0.438 e. The van der Waals surface area contributed by atoms with Crippen LogP contribution in [0.25, 0.3) is 0 Å². The molecule has 3 N–H and O–H groups in total. The van der Waals surface area contributed by atoms with Crippen LogP contribution in [0.5, 0.6) is 11.6 Å². The van der Waals surface area contributed by atoms with Crippen molar-refractivity contribution in [2.75, 3.05) is 5.32 Å². The van der Waals surface area contributed by atoms with E-state index < -0.39 is 10.8 Å². The number of aromatic amines is 2. The van der Waals surface area contributed by atoms with Crippen LogP contribution in [0.1, 0.15) is 16.2 Å². The van der Waals surface area contributed by atoms with Gasteiger partial charge in [-0.3, -0.25) is 20.0 Å². The van der Waals surface area contributed by atoms with Crippen LogP contribution in [0.15, 0.2) is 42.6 Å². The molecule has 3 aromatic rings. The number of benzene rings is 1. The molecule has 0 saturated carbocycles. The number of ether oxygens (including phenoxy) is 1. The molecule has 3 rings (SSSR count). The lowest BCUT2D eigenvalue weighted by atomic mass is 10.3.